The number of hydrogen-bond acceptors (Lipinski definition) is 2. The number of nitrogens with zero attached hydrogens (tertiary/aromatic N) is 1. The number of aryl methyl sites for hydroxylation is 1. The van der Waals surface area contributed by atoms with Gasteiger partial charge in [0, 0.05) is 12.2 Å². The number of rotatable bonds is 2. The van der Waals surface area contributed by atoms with Crippen LogP contribution in [0, 0.1) is 12.8 Å². The fraction of sp³-hybridized carbons (Fsp3) is 0.571. The van der Waals surface area contributed by atoms with E-state index in [1.54, 1.807) is 0 Å². The van der Waals surface area contributed by atoms with Gasteiger partial charge in [0.1, 0.15) is 5.82 Å². The Morgan fingerprint density at radius 3 is 2.78 bits per heavy atom. The van der Waals surface area contributed by atoms with E-state index < -0.39 is 0 Å². The summed E-state index contributed by atoms with van der Waals surface area (Å²) in [4.78, 5) is 4.29. The Morgan fingerprint density at radius 1 is 1.33 bits per heavy atom. The van der Waals surface area contributed by atoms with Crippen LogP contribution in [0.3, 0.4) is 0 Å². The summed E-state index contributed by atoms with van der Waals surface area (Å²) in [6.07, 6.45) is 6.99. The molecule has 0 spiro atoms. The predicted molar refractivity (Wildman–Crippen MR) is 79.8 cm³/mol. The van der Waals surface area contributed by atoms with Crippen molar-refractivity contribution in [3.8, 4) is 0 Å². The molecule has 0 saturated heterocycles. The van der Waals surface area contributed by atoms with Gasteiger partial charge in [0.2, 0.25) is 0 Å². The van der Waals surface area contributed by atoms with Crippen molar-refractivity contribution in [1.82, 2.24) is 10.3 Å². The second kappa shape index (κ2) is 6.14. The van der Waals surface area contributed by atoms with E-state index in [1.165, 1.54) is 25.7 Å². The summed E-state index contributed by atoms with van der Waals surface area (Å²) < 4.78 is 0. The molecule has 1 fully saturated rings. The van der Waals surface area contributed by atoms with E-state index in [9.17, 15) is 0 Å². The van der Waals surface area contributed by atoms with Gasteiger partial charge in [-0.25, -0.2) is 4.98 Å². The lowest BCUT2D eigenvalue weighted by molar-refractivity contribution is 0.309. The maximum atomic E-state index is 5.34. The van der Waals surface area contributed by atoms with Crippen LogP contribution >= 0.6 is 12.2 Å². The van der Waals surface area contributed by atoms with Crippen molar-refractivity contribution < 1.29 is 0 Å². The van der Waals surface area contributed by atoms with E-state index in [4.69, 9.17) is 12.2 Å². The average Bonchev–Trinajstić information content (AvgIpc) is 2.35. The van der Waals surface area contributed by atoms with Gasteiger partial charge in [0.25, 0.3) is 0 Å². The zero-order chi connectivity index (χ0) is 13.0. The summed E-state index contributed by atoms with van der Waals surface area (Å²) in [6.45, 7) is 4.32. The first kappa shape index (κ1) is 13.3. The van der Waals surface area contributed by atoms with Gasteiger partial charge in [0.05, 0.1) is 0 Å². The van der Waals surface area contributed by atoms with Crippen LogP contribution in [0.2, 0.25) is 0 Å². The summed E-state index contributed by atoms with van der Waals surface area (Å²) >= 11 is 5.34. The summed E-state index contributed by atoms with van der Waals surface area (Å²) in [7, 11) is 0. The molecule has 18 heavy (non-hydrogen) atoms. The average molecular weight is 263 g/mol. The quantitative estimate of drug-likeness (QED) is 0.803. The zero-order valence-electron chi connectivity index (χ0n) is 11.1. The Kier molecular flexibility index (Phi) is 4.53. The Bertz CT molecular complexity index is 402. The van der Waals surface area contributed by atoms with Crippen LogP contribution in [0.15, 0.2) is 18.3 Å². The third-order valence-electron chi connectivity index (χ3n) is 3.58. The molecule has 2 rings (SSSR count). The normalized spacial score (nSPS) is 23.4. The van der Waals surface area contributed by atoms with Gasteiger partial charge >= 0.3 is 0 Å². The first-order valence-corrected chi connectivity index (χ1v) is 7.06. The van der Waals surface area contributed by atoms with E-state index in [1.807, 2.05) is 25.3 Å². The molecule has 3 nitrogen and oxygen atoms in total. The summed E-state index contributed by atoms with van der Waals surface area (Å²) in [6, 6.07) is 4.48. The fourth-order valence-electron chi connectivity index (χ4n) is 2.39. The maximum absolute atomic E-state index is 5.34. The third-order valence-corrected chi connectivity index (χ3v) is 3.80. The summed E-state index contributed by atoms with van der Waals surface area (Å²) in [5, 5.41) is 7.24. The molecule has 1 aromatic heterocycles. The lowest BCUT2D eigenvalue weighted by Gasteiger charge is -2.30. The molecule has 2 N–H and O–H groups in total. The second-order valence-electron chi connectivity index (χ2n) is 5.19. The number of anilines is 1. The molecule has 0 bridgehead atoms. The third kappa shape index (κ3) is 3.67. The van der Waals surface area contributed by atoms with Crippen LogP contribution in [-0.2, 0) is 0 Å². The van der Waals surface area contributed by atoms with Crippen LogP contribution in [-0.4, -0.2) is 16.1 Å². The number of thiocarbonyl (C=S) groups is 1. The molecule has 2 atom stereocenters. The minimum atomic E-state index is 0.504. The fourth-order valence-corrected chi connectivity index (χ4v) is 2.65. The molecule has 1 aliphatic rings. The monoisotopic (exact) mass is 263 g/mol. The highest BCUT2D eigenvalue weighted by molar-refractivity contribution is 7.80. The van der Waals surface area contributed by atoms with Crippen LogP contribution in [0.25, 0.3) is 0 Å². The second-order valence-corrected chi connectivity index (χ2v) is 5.60. The van der Waals surface area contributed by atoms with Crippen molar-refractivity contribution in [2.75, 3.05) is 5.32 Å². The lowest BCUT2D eigenvalue weighted by Crippen LogP contribution is -2.43. The van der Waals surface area contributed by atoms with Crippen LogP contribution in [0.5, 0.6) is 0 Å². The van der Waals surface area contributed by atoms with Crippen molar-refractivity contribution in [1.29, 1.82) is 0 Å². The molecule has 2 unspecified atom stereocenters. The molecule has 4 heteroatoms. The van der Waals surface area contributed by atoms with Gasteiger partial charge in [0.15, 0.2) is 5.11 Å². The topological polar surface area (TPSA) is 37.0 Å². The Morgan fingerprint density at radius 2 is 2.11 bits per heavy atom. The lowest BCUT2D eigenvalue weighted by atomic mass is 9.86. The standard InChI is InChI=1S/C14H21N3S/c1-10-7-8-13(15-9-10)17-14(18)16-12-6-4-3-5-11(12)2/h7-9,11-12H,3-6H2,1-2H3,(H2,15,16,17,18). The first-order valence-electron chi connectivity index (χ1n) is 6.65. The van der Waals surface area contributed by atoms with Crippen molar-refractivity contribution in [3.63, 3.8) is 0 Å². The van der Waals surface area contributed by atoms with Crippen LogP contribution < -0.4 is 10.6 Å². The Labute approximate surface area is 114 Å². The Balaban J connectivity index is 1.86. The molecule has 1 saturated carbocycles. The SMILES string of the molecule is Cc1ccc(NC(=S)NC2CCCCC2C)nc1. The highest BCUT2D eigenvalue weighted by Gasteiger charge is 2.21. The van der Waals surface area contributed by atoms with Crippen molar-refractivity contribution in [2.45, 2.75) is 45.6 Å². The molecule has 0 amide bonds. The van der Waals surface area contributed by atoms with Gasteiger partial charge in [-0.15, -0.1) is 0 Å². The highest BCUT2D eigenvalue weighted by Crippen LogP contribution is 2.23. The van der Waals surface area contributed by atoms with E-state index in [0.29, 0.717) is 17.1 Å². The first-order chi connectivity index (χ1) is 8.65. The molecule has 0 aromatic carbocycles. The predicted octanol–water partition coefficient (Wildman–Crippen LogP) is 3.26. The highest BCUT2D eigenvalue weighted by atomic mass is 32.1. The van der Waals surface area contributed by atoms with Crippen molar-refractivity contribution in [3.05, 3.63) is 23.9 Å². The van der Waals surface area contributed by atoms with E-state index in [2.05, 4.69) is 22.5 Å². The van der Waals surface area contributed by atoms with Crippen molar-refractivity contribution >= 4 is 23.1 Å². The smallest absolute Gasteiger partial charge is 0.172 e. The molecule has 0 radical (unpaired) electrons. The largest absolute Gasteiger partial charge is 0.359 e. The molecular formula is C14H21N3S. The van der Waals surface area contributed by atoms with E-state index in [0.717, 1.165) is 11.4 Å². The van der Waals surface area contributed by atoms with Crippen LogP contribution in [0.1, 0.15) is 38.2 Å². The summed E-state index contributed by atoms with van der Waals surface area (Å²) in [5.41, 5.74) is 1.15. The molecule has 1 heterocycles. The number of pyridine rings is 1. The number of hydrogen-bond donors (Lipinski definition) is 2. The minimum absolute atomic E-state index is 0.504. The molecule has 98 valence electrons. The minimum Gasteiger partial charge on any atom is -0.359 e. The van der Waals surface area contributed by atoms with E-state index >= 15 is 0 Å². The van der Waals surface area contributed by atoms with Crippen LogP contribution in [0.4, 0.5) is 5.82 Å². The van der Waals surface area contributed by atoms with Gasteiger partial charge in [-0.3, -0.25) is 0 Å². The molecule has 0 aliphatic heterocycles. The molecule has 1 aliphatic carbocycles. The number of nitrogens with one attached hydrogen (secondary N) is 2. The van der Waals surface area contributed by atoms with E-state index in [-0.39, 0.29) is 0 Å². The van der Waals surface area contributed by atoms with Gasteiger partial charge in [-0.2, -0.15) is 0 Å². The Hall–Kier alpha value is -1.16. The summed E-state index contributed by atoms with van der Waals surface area (Å²) in [5.74, 6) is 1.51. The van der Waals surface area contributed by atoms with Gasteiger partial charge in [-0.05, 0) is 49.5 Å². The maximum Gasteiger partial charge on any atom is 0.172 e. The molecule has 1 aromatic rings. The number of aromatic nitrogens is 1. The zero-order valence-corrected chi connectivity index (χ0v) is 11.9. The van der Waals surface area contributed by atoms with Gasteiger partial charge in [-0.1, -0.05) is 25.8 Å². The van der Waals surface area contributed by atoms with Gasteiger partial charge < -0.3 is 10.6 Å². The molecular weight excluding hydrogens is 242 g/mol. The van der Waals surface area contributed by atoms with Crippen molar-refractivity contribution in [2.24, 2.45) is 5.92 Å².